The highest BCUT2D eigenvalue weighted by molar-refractivity contribution is 5.91. The number of amides is 1. The van der Waals surface area contributed by atoms with Crippen molar-refractivity contribution >= 4 is 5.91 Å². The molecule has 5 nitrogen and oxygen atoms in total. The molecule has 4 rings (SSSR count). The summed E-state index contributed by atoms with van der Waals surface area (Å²) >= 11 is 0. The largest absolute Gasteiger partial charge is 0.459 e. The third-order valence-electron chi connectivity index (χ3n) is 5.23. The van der Waals surface area contributed by atoms with Crippen LogP contribution < -0.4 is 5.32 Å². The zero-order valence-corrected chi connectivity index (χ0v) is 13.9. The Balaban J connectivity index is 1.41. The highest BCUT2D eigenvalue weighted by atomic mass is 19.1. The maximum Gasteiger partial charge on any atom is 0.286 e. The van der Waals surface area contributed by atoms with E-state index < -0.39 is 0 Å². The summed E-state index contributed by atoms with van der Waals surface area (Å²) in [5.41, 5.74) is 0.880. The van der Waals surface area contributed by atoms with Crippen LogP contribution in [0.5, 0.6) is 0 Å². The standard InChI is InChI=1S/C19H21FN2O3/c20-16-4-1-3-14(7-16)8-22-9-15-10-24-13-19(15,12-22)11-21-18(23)17-5-2-6-25-17/h1-7,15H,8-13H2,(H,21,23)/t15-,19+/m1/s1. The molecule has 1 aromatic carbocycles. The van der Waals surface area contributed by atoms with Crippen molar-refractivity contribution in [1.29, 1.82) is 0 Å². The van der Waals surface area contributed by atoms with E-state index in [1.54, 1.807) is 24.3 Å². The summed E-state index contributed by atoms with van der Waals surface area (Å²) in [7, 11) is 0. The molecule has 2 aliphatic heterocycles. The number of hydrogen-bond acceptors (Lipinski definition) is 4. The number of benzene rings is 1. The van der Waals surface area contributed by atoms with Crippen LogP contribution in [0.15, 0.2) is 47.1 Å². The number of rotatable bonds is 5. The van der Waals surface area contributed by atoms with Gasteiger partial charge in [-0.1, -0.05) is 12.1 Å². The van der Waals surface area contributed by atoms with Crippen molar-refractivity contribution in [2.24, 2.45) is 11.3 Å². The number of halogens is 1. The highest BCUT2D eigenvalue weighted by Gasteiger charge is 2.50. The van der Waals surface area contributed by atoms with E-state index in [-0.39, 0.29) is 17.1 Å². The molecule has 0 bridgehead atoms. The van der Waals surface area contributed by atoms with Gasteiger partial charge in [0.25, 0.3) is 5.91 Å². The maximum atomic E-state index is 13.4. The lowest BCUT2D eigenvalue weighted by Crippen LogP contribution is -2.43. The van der Waals surface area contributed by atoms with Crippen LogP contribution in [0.25, 0.3) is 0 Å². The third-order valence-corrected chi connectivity index (χ3v) is 5.23. The van der Waals surface area contributed by atoms with Gasteiger partial charge in [0.05, 0.1) is 19.5 Å². The van der Waals surface area contributed by atoms with Gasteiger partial charge in [0, 0.05) is 37.5 Å². The minimum atomic E-state index is -0.208. The molecule has 132 valence electrons. The fraction of sp³-hybridized carbons (Fsp3) is 0.421. The van der Waals surface area contributed by atoms with E-state index in [1.165, 1.54) is 12.3 Å². The van der Waals surface area contributed by atoms with E-state index in [0.717, 1.165) is 18.7 Å². The molecule has 25 heavy (non-hydrogen) atoms. The Labute approximate surface area is 145 Å². The summed E-state index contributed by atoms with van der Waals surface area (Å²) in [6.07, 6.45) is 1.49. The summed E-state index contributed by atoms with van der Waals surface area (Å²) < 4.78 is 24.2. The molecular formula is C19H21FN2O3. The normalized spacial score (nSPS) is 25.9. The number of carbonyl (C=O) groups excluding carboxylic acids is 1. The average molecular weight is 344 g/mol. The second-order valence-electron chi connectivity index (χ2n) is 7.03. The smallest absolute Gasteiger partial charge is 0.286 e. The summed E-state index contributed by atoms with van der Waals surface area (Å²) in [6, 6.07) is 10.1. The fourth-order valence-electron chi connectivity index (χ4n) is 3.96. The van der Waals surface area contributed by atoms with E-state index in [4.69, 9.17) is 9.15 Å². The van der Waals surface area contributed by atoms with Crippen molar-refractivity contribution < 1.29 is 18.3 Å². The monoisotopic (exact) mass is 344 g/mol. The summed E-state index contributed by atoms with van der Waals surface area (Å²) in [6.45, 7) is 4.32. The zero-order chi connectivity index (χ0) is 17.3. The number of furan rings is 1. The molecule has 0 aliphatic carbocycles. The van der Waals surface area contributed by atoms with Crippen LogP contribution in [0, 0.1) is 17.2 Å². The highest BCUT2D eigenvalue weighted by Crippen LogP contribution is 2.41. The Morgan fingerprint density at radius 1 is 1.36 bits per heavy atom. The van der Waals surface area contributed by atoms with Crippen LogP contribution in [-0.4, -0.2) is 43.7 Å². The number of carbonyl (C=O) groups is 1. The fourth-order valence-corrected chi connectivity index (χ4v) is 3.96. The molecule has 6 heteroatoms. The lowest BCUT2D eigenvalue weighted by molar-refractivity contribution is 0.0878. The van der Waals surface area contributed by atoms with Gasteiger partial charge < -0.3 is 14.5 Å². The topological polar surface area (TPSA) is 54.7 Å². The van der Waals surface area contributed by atoms with Crippen molar-refractivity contribution in [1.82, 2.24) is 10.2 Å². The predicted octanol–water partition coefficient (Wildman–Crippen LogP) is 2.30. The molecule has 1 amide bonds. The van der Waals surface area contributed by atoms with Crippen LogP contribution in [0.4, 0.5) is 4.39 Å². The number of nitrogens with one attached hydrogen (secondary N) is 1. The van der Waals surface area contributed by atoms with Crippen molar-refractivity contribution in [3.8, 4) is 0 Å². The van der Waals surface area contributed by atoms with E-state index in [0.29, 0.717) is 38.0 Å². The van der Waals surface area contributed by atoms with Gasteiger partial charge in [0.2, 0.25) is 0 Å². The number of nitrogens with zero attached hydrogens (tertiary/aromatic N) is 1. The molecule has 2 fully saturated rings. The van der Waals surface area contributed by atoms with Crippen molar-refractivity contribution in [2.45, 2.75) is 6.54 Å². The molecule has 0 saturated carbocycles. The Morgan fingerprint density at radius 2 is 2.28 bits per heavy atom. The SMILES string of the molecule is O=C(NC[C@]12COC[C@H]1CN(Cc1cccc(F)c1)C2)c1ccco1. The van der Waals surface area contributed by atoms with Crippen molar-refractivity contribution in [2.75, 3.05) is 32.8 Å². The van der Waals surface area contributed by atoms with Crippen molar-refractivity contribution in [3.05, 3.63) is 59.8 Å². The Kier molecular flexibility index (Phi) is 4.31. The molecule has 0 unspecified atom stereocenters. The first-order valence-electron chi connectivity index (χ1n) is 8.51. The molecular weight excluding hydrogens is 323 g/mol. The van der Waals surface area contributed by atoms with Crippen LogP contribution in [0.1, 0.15) is 16.1 Å². The van der Waals surface area contributed by atoms with Gasteiger partial charge in [0.1, 0.15) is 5.82 Å². The van der Waals surface area contributed by atoms with Gasteiger partial charge in [-0.15, -0.1) is 0 Å². The number of ether oxygens (including phenoxy) is 1. The van der Waals surface area contributed by atoms with E-state index in [9.17, 15) is 9.18 Å². The Hall–Kier alpha value is -2.18. The molecule has 0 spiro atoms. The molecule has 0 radical (unpaired) electrons. The van der Waals surface area contributed by atoms with Gasteiger partial charge >= 0.3 is 0 Å². The first-order valence-corrected chi connectivity index (χ1v) is 8.51. The maximum absolute atomic E-state index is 13.4. The van der Waals surface area contributed by atoms with Gasteiger partial charge in [-0.25, -0.2) is 4.39 Å². The molecule has 2 aromatic rings. The van der Waals surface area contributed by atoms with Gasteiger partial charge in [-0.05, 0) is 29.8 Å². The van der Waals surface area contributed by atoms with Gasteiger partial charge in [-0.3, -0.25) is 9.69 Å². The number of likely N-dealkylation sites (tertiary alicyclic amines) is 1. The summed E-state index contributed by atoms with van der Waals surface area (Å²) in [4.78, 5) is 14.5. The molecule has 1 N–H and O–H groups in total. The van der Waals surface area contributed by atoms with Crippen LogP contribution in [-0.2, 0) is 11.3 Å². The average Bonchev–Trinajstić information content (AvgIpc) is 3.28. The number of fused-ring (bicyclic) bond motifs is 1. The number of hydrogen-bond donors (Lipinski definition) is 1. The lowest BCUT2D eigenvalue weighted by atomic mass is 9.81. The second kappa shape index (κ2) is 6.61. The summed E-state index contributed by atoms with van der Waals surface area (Å²) in [5, 5.41) is 2.98. The Morgan fingerprint density at radius 3 is 3.08 bits per heavy atom. The van der Waals surface area contributed by atoms with E-state index in [2.05, 4.69) is 10.2 Å². The molecule has 3 heterocycles. The van der Waals surface area contributed by atoms with Gasteiger partial charge in [0.15, 0.2) is 5.76 Å². The second-order valence-corrected chi connectivity index (χ2v) is 7.03. The lowest BCUT2D eigenvalue weighted by Gasteiger charge is -2.27. The molecule has 2 aliphatic rings. The minimum absolute atomic E-state index is 0.0877. The third kappa shape index (κ3) is 3.32. The quantitative estimate of drug-likeness (QED) is 0.904. The first kappa shape index (κ1) is 16.3. The zero-order valence-electron chi connectivity index (χ0n) is 13.9. The summed E-state index contributed by atoms with van der Waals surface area (Å²) in [5.74, 6) is 0.286. The predicted molar refractivity (Wildman–Crippen MR) is 89.5 cm³/mol. The first-order chi connectivity index (χ1) is 12.1. The van der Waals surface area contributed by atoms with E-state index in [1.807, 2.05) is 6.07 Å². The van der Waals surface area contributed by atoms with E-state index >= 15 is 0 Å². The van der Waals surface area contributed by atoms with Gasteiger partial charge in [-0.2, -0.15) is 0 Å². The molecule has 2 saturated heterocycles. The van der Waals surface area contributed by atoms with Crippen LogP contribution in [0.2, 0.25) is 0 Å². The van der Waals surface area contributed by atoms with Crippen molar-refractivity contribution in [3.63, 3.8) is 0 Å². The Bertz CT molecular complexity index is 749. The molecule has 1 aromatic heterocycles. The van der Waals surface area contributed by atoms with Crippen LogP contribution >= 0.6 is 0 Å². The molecule has 2 atom stereocenters. The van der Waals surface area contributed by atoms with Crippen LogP contribution in [0.3, 0.4) is 0 Å². The minimum Gasteiger partial charge on any atom is -0.459 e.